The maximum Gasteiger partial charge on any atom is 0.324 e. The minimum atomic E-state index is -3.93. The number of carbonyl (C=O) groups is 1. The van der Waals surface area contributed by atoms with Gasteiger partial charge in [-0.2, -0.15) is 4.72 Å². The van der Waals surface area contributed by atoms with E-state index < -0.39 is 32.1 Å². The molecule has 1 unspecified atom stereocenters. The highest BCUT2D eigenvalue weighted by molar-refractivity contribution is 7.89. The Morgan fingerprint density at radius 3 is 2.00 bits per heavy atom. The molecule has 2 rings (SSSR count). The van der Waals surface area contributed by atoms with Gasteiger partial charge >= 0.3 is 5.97 Å². The molecule has 2 aromatic carbocycles. The molecule has 0 fully saturated rings. The van der Waals surface area contributed by atoms with Crippen molar-refractivity contribution < 1.29 is 26.4 Å². The lowest BCUT2D eigenvalue weighted by Crippen LogP contribution is -2.41. The van der Waals surface area contributed by atoms with E-state index in [2.05, 4.69) is 9.44 Å². The van der Waals surface area contributed by atoms with Gasteiger partial charge in [0.2, 0.25) is 20.0 Å². The lowest BCUT2D eigenvalue weighted by molar-refractivity contribution is -0.145. The number of esters is 1. The van der Waals surface area contributed by atoms with E-state index in [0.29, 0.717) is 12.8 Å². The smallest absolute Gasteiger partial charge is 0.324 e. The first kappa shape index (κ1) is 28.0. The first-order chi connectivity index (χ1) is 16.0. The van der Waals surface area contributed by atoms with Crippen LogP contribution >= 0.6 is 0 Å². The monoisotopic (exact) mass is 510 g/mol. The fraction of sp³-hybridized carbons (Fsp3) is 0.458. The SMILES string of the molecule is CCOC(=O)C(CCCCNS(=O)(=O)c1ccc(C)cc1)NS(=O)(=O)c1ccc(C(C)C)cc1. The number of hydrogen-bond acceptors (Lipinski definition) is 6. The minimum Gasteiger partial charge on any atom is -0.465 e. The first-order valence-corrected chi connectivity index (χ1v) is 14.3. The van der Waals surface area contributed by atoms with Crippen molar-refractivity contribution in [2.75, 3.05) is 13.2 Å². The number of nitrogens with one attached hydrogen (secondary N) is 2. The molecule has 0 saturated carbocycles. The zero-order chi connectivity index (χ0) is 25.4. The number of aryl methyl sites for hydroxylation is 1. The minimum absolute atomic E-state index is 0.0667. The summed E-state index contributed by atoms with van der Waals surface area (Å²) in [6, 6.07) is 12.0. The molecule has 0 aliphatic heterocycles. The molecule has 0 radical (unpaired) electrons. The van der Waals surface area contributed by atoms with Gasteiger partial charge in [-0.05, 0) is 68.9 Å². The standard InChI is InChI=1S/C24H34N2O6S2/c1-5-32-24(27)23(26-34(30,31)22-15-11-20(12-16-22)18(2)3)8-6-7-17-25-33(28,29)21-13-9-19(4)10-14-21/h9-16,18,23,25-26H,5-8,17H2,1-4H3. The van der Waals surface area contributed by atoms with Crippen LogP contribution in [0.4, 0.5) is 0 Å². The zero-order valence-electron chi connectivity index (χ0n) is 20.1. The Bertz CT molecular complexity index is 1140. The number of carbonyl (C=O) groups excluding carboxylic acids is 1. The molecule has 0 saturated heterocycles. The van der Waals surface area contributed by atoms with Crippen LogP contribution in [0.2, 0.25) is 0 Å². The van der Waals surface area contributed by atoms with E-state index in [0.717, 1.165) is 11.1 Å². The third kappa shape index (κ3) is 8.19. The number of sulfonamides is 2. The van der Waals surface area contributed by atoms with Crippen molar-refractivity contribution in [3.63, 3.8) is 0 Å². The van der Waals surface area contributed by atoms with Crippen LogP contribution in [0.25, 0.3) is 0 Å². The average Bonchev–Trinajstić information content (AvgIpc) is 2.78. The summed E-state index contributed by atoms with van der Waals surface area (Å²) < 4.78 is 60.4. The number of unbranched alkanes of at least 4 members (excludes halogenated alkanes) is 1. The molecule has 2 aromatic rings. The third-order valence-corrected chi connectivity index (χ3v) is 8.23. The van der Waals surface area contributed by atoms with Gasteiger partial charge < -0.3 is 4.74 Å². The molecule has 10 heteroatoms. The predicted molar refractivity (Wildman–Crippen MR) is 131 cm³/mol. The van der Waals surface area contributed by atoms with E-state index in [1.54, 1.807) is 31.2 Å². The molecule has 0 aliphatic rings. The van der Waals surface area contributed by atoms with Crippen molar-refractivity contribution >= 4 is 26.0 Å². The lowest BCUT2D eigenvalue weighted by atomic mass is 10.0. The van der Waals surface area contributed by atoms with Crippen LogP contribution in [0.5, 0.6) is 0 Å². The summed E-state index contributed by atoms with van der Waals surface area (Å²) in [7, 11) is -7.56. The van der Waals surface area contributed by atoms with Gasteiger partial charge in [-0.25, -0.2) is 21.6 Å². The Hall–Kier alpha value is -2.27. The number of benzene rings is 2. The highest BCUT2D eigenvalue weighted by Crippen LogP contribution is 2.18. The number of hydrogen-bond donors (Lipinski definition) is 2. The van der Waals surface area contributed by atoms with E-state index in [1.165, 1.54) is 24.3 Å². The molecule has 2 N–H and O–H groups in total. The van der Waals surface area contributed by atoms with Crippen LogP contribution in [-0.2, 0) is 29.6 Å². The van der Waals surface area contributed by atoms with Gasteiger partial charge in [0.25, 0.3) is 0 Å². The van der Waals surface area contributed by atoms with Crippen molar-refractivity contribution in [1.82, 2.24) is 9.44 Å². The number of ether oxygens (including phenoxy) is 1. The maximum absolute atomic E-state index is 12.8. The van der Waals surface area contributed by atoms with Crippen LogP contribution in [0, 0.1) is 6.92 Å². The Morgan fingerprint density at radius 1 is 0.882 bits per heavy atom. The Balaban J connectivity index is 1.96. The summed E-state index contributed by atoms with van der Waals surface area (Å²) in [6.07, 6.45) is 1.01. The molecule has 0 aliphatic carbocycles. The molecule has 8 nitrogen and oxygen atoms in total. The van der Waals surface area contributed by atoms with Crippen LogP contribution < -0.4 is 9.44 Å². The van der Waals surface area contributed by atoms with E-state index >= 15 is 0 Å². The fourth-order valence-corrected chi connectivity index (χ4v) is 5.53. The van der Waals surface area contributed by atoms with Crippen molar-refractivity contribution in [3.8, 4) is 0 Å². The lowest BCUT2D eigenvalue weighted by Gasteiger charge is -2.18. The summed E-state index contributed by atoms with van der Waals surface area (Å²) in [5.41, 5.74) is 1.97. The molecule has 0 heterocycles. The summed E-state index contributed by atoms with van der Waals surface area (Å²) in [5.74, 6) is -0.398. The Morgan fingerprint density at radius 2 is 1.44 bits per heavy atom. The highest BCUT2D eigenvalue weighted by Gasteiger charge is 2.26. The second-order valence-electron chi connectivity index (χ2n) is 8.36. The highest BCUT2D eigenvalue weighted by atomic mass is 32.2. The Kier molecular flexibility index (Phi) is 10.2. The zero-order valence-corrected chi connectivity index (χ0v) is 21.7. The second-order valence-corrected chi connectivity index (χ2v) is 11.8. The predicted octanol–water partition coefficient (Wildman–Crippen LogP) is 3.48. The third-order valence-electron chi connectivity index (χ3n) is 5.27. The van der Waals surface area contributed by atoms with Crippen molar-refractivity contribution in [3.05, 3.63) is 59.7 Å². The van der Waals surface area contributed by atoms with E-state index in [9.17, 15) is 21.6 Å². The first-order valence-electron chi connectivity index (χ1n) is 11.3. The van der Waals surface area contributed by atoms with Crippen LogP contribution in [0.3, 0.4) is 0 Å². The largest absolute Gasteiger partial charge is 0.465 e. The molecule has 188 valence electrons. The fourth-order valence-electron chi connectivity index (χ4n) is 3.24. The van der Waals surface area contributed by atoms with Gasteiger partial charge in [0.15, 0.2) is 0 Å². The average molecular weight is 511 g/mol. The topological polar surface area (TPSA) is 119 Å². The van der Waals surface area contributed by atoms with E-state index in [-0.39, 0.29) is 35.3 Å². The molecule has 0 amide bonds. The van der Waals surface area contributed by atoms with Gasteiger partial charge in [-0.1, -0.05) is 43.7 Å². The second kappa shape index (κ2) is 12.4. The molecule has 0 aromatic heterocycles. The van der Waals surface area contributed by atoms with Crippen molar-refractivity contribution in [2.24, 2.45) is 0 Å². The normalized spacial score (nSPS) is 13.1. The quantitative estimate of drug-likeness (QED) is 0.315. The maximum atomic E-state index is 12.8. The van der Waals surface area contributed by atoms with Crippen molar-refractivity contribution in [2.45, 2.75) is 68.7 Å². The molecule has 1 atom stereocenters. The Labute approximate surface area is 203 Å². The molecule has 0 spiro atoms. The van der Waals surface area contributed by atoms with Gasteiger partial charge in [-0.3, -0.25) is 4.79 Å². The summed E-state index contributed by atoms with van der Waals surface area (Å²) in [4.78, 5) is 12.6. The van der Waals surface area contributed by atoms with E-state index in [4.69, 9.17) is 4.74 Å². The van der Waals surface area contributed by atoms with Crippen LogP contribution in [0.15, 0.2) is 58.3 Å². The molecule has 34 heavy (non-hydrogen) atoms. The van der Waals surface area contributed by atoms with E-state index in [1.807, 2.05) is 20.8 Å². The van der Waals surface area contributed by atoms with Crippen LogP contribution in [-0.4, -0.2) is 42.0 Å². The molecular weight excluding hydrogens is 476 g/mol. The van der Waals surface area contributed by atoms with Crippen molar-refractivity contribution in [1.29, 1.82) is 0 Å². The summed E-state index contributed by atoms with van der Waals surface area (Å²) >= 11 is 0. The van der Waals surface area contributed by atoms with Gasteiger partial charge in [-0.15, -0.1) is 0 Å². The molecular formula is C24H34N2O6S2. The van der Waals surface area contributed by atoms with Gasteiger partial charge in [0, 0.05) is 6.54 Å². The number of rotatable bonds is 13. The van der Waals surface area contributed by atoms with Gasteiger partial charge in [0.05, 0.1) is 16.4 Å². The summed E-state index contributed by atoms with van der Waals surface area (Å²) in [5, 5.41) is 0. The van der Waals surface area contributed by atoms with Gasteiger partial charge in [0.1, 0.15) is 6.04 Å². The summed E-state index contributed by atoms with van der Waals surface area (Å²) in [6.45, 7) is 7.83. The molecule has 0 bridgehead atoms. The van der Waals surface area contributed by atoms with Crippen LogP contribution in [0.1, 0.15) is 57.1 Å².